The minimum atomic E-state index is 0.0108. The summed E-state index contributed by atoms with van der Waals surface area (Å²) in [5.41, 5.74) is 0. The van der Waals surface area contributed by atoms with E-state index in [2.05, 4.69) is 28.4 Å². The first-order valence-corrected chi connectivity index (χ1v) is 4.92. The molecule has 2 N–H and O–H groups in total. The van der Waals surface area contributed by atoms with Gasteiger partial charge in [-0.05, 0) is 6.54 Å². The van der Waals surface area contributed by atoms with Gasteiger partial charge in [0.25, 0.3) is 0 Å². The van der Waals surface area contributed by atoms with Crippen LogP contribution >= 0.6 is 0 Å². The lowest BCUT2D eigenvalue weighted by molar-refractivity contribution is -0.122. The molecule has 14 heavy (non-hydrogen) atoms. The molecule has 1 rings (SSSR count). The molecule has 0 atom stereocenters. The van der Waals surface area contributed by atoms with E-state index in [1.165, 1.54) is 0 Å². The smallest absolute Gasteiger partial charge is 0.234 e. The summed E-state index contributed by atoms with van der Waals surface area (Å²) in [5, 5.41) is 5.85. The highest BCUT2D eigenvalue weighted by Crippen LogP contribution is 2.03. The molecular weight excluding hydrogens is 178 g/mol. The van der Waals surface area contributed by atoms with Crippen LogP contribution in [0.25, 0.3) is 0 Å². The van der Waals surface area contributed by atoms with Crippen LogP contribution in [-0.2, 0) is 4.79 Å². The van der Waals surface area contributed by atoms with E-state index in [1.54, 1.807) is 0 Å². The maximum Gasteiger partial charge on any atom is 0.234 e. The number of carbonyl (C=O) groups excluding carboxylic acids is 1. The average Bonchev–Trinajstić information content (AvgIpc) is 2.10. The monoisotopic (exact) mass is 195 g/mol. The highest BCUT2D eigenvalue weighted by atomic mass is 16.2. The summed E-state index contributed by atoms with van der Waals surface area (Å²) in [7, 11) is 0. The van der Waals surface area contributed by atoms with Crippen LogP contribution in [0.5, 0.6) is 0 Å². The van der Waals surface area contributed by atoms with Gasteiger partial charge in [0.1, 0.15) is 0 Å². The number of hydrogen-bond acceptors (Lipinski definition) is 3. The molecule has 0 aromatic carbocycles. The second-order valence-electron chi connectivity index (χ2n) is 3.36. The Morgan fingerprint density at radius 2 is 2.43 bits per heavy atom. The Bertz CT molecular complexity index is 230. The van der Waals surface area contributed by atoms with E-state index in [1.807, 2.05) is 0 Å². The fourth-order valence-electron chi connectivity index (χ4n) is 1.42. The first-order chi connectivity index (χ1) is 6.77. The zero-order valence-corrected chi connectivity index (χ0v) is 8.55. The summed E-state index contributed by atoms with van der Waals surface area (Å²) in [6.07, 6.45) is 5.05. The molecule has 1 aliphatic rings. The number of nitrogens with one attached hydrogen (secondary N) is 2. The molecule has 1 amide bonds. The molecule has 0 saturated carbocycles. The number of carbonyl (C=O) groups is 1. The first kappa shape index (κ1) is 11.0. The second-order valence-corrected chi connectivity index (χ2v) is 3.36. The Balaban J connectivity index is 2.25. The standard InChI is InChI=1S/C10H17N3O/c1-3-5-12-10(14)8-13(4-2)9-6-11-7-9/h1,9,11H,4-8H2,2H3,(H,12,14). The van der Waals surface area contributed by atoms with Crippen molar-refractivity contribution in [1.82, 2.24) is 15.5 Å². The topological polar surface area (TPSA) is 44.4 Å². The number of rotatable bonds is 5. The van der Waals surface area contributed by atoms with Crippen LogP contribution in [0.4, 0.5) is 0 Å². The molecule has 4 heteroatoms. The predicted molar refractivity (Wildman–Crippen MR) is 55.7 cm³/mol. The van der Waals surface area contributed by atoms with Crippen molar-refractivity contribution in [2.24, 2.45) is 0 Å². The van der Waals surface area contributed by atoms with E-state index in [0.717, 1.165) is 19.6 Å². The van der Waals surface area contributed by atoms with Gasteiger partial charge in [-0.15, -0.1) is 6.42 Å². The van der Waals surface area contributed by atoms with Crippen molar-refractivity contribution < 1.29 is 4.79 Å². The Morgan fingerprint density at radius 1 is 1.71 bits per heavy atom. The van der Waals surface area contributed by atoms with Crippen molar-refractivity contribution in [3.63, 3.8) is 0 Å². The van der Waals surface area contributed by atoms with Gasteiger partial charge in [0.15, 0.2) is 0 Å². The van der Waals surface area contributed by atoms with Crippen LogP contribution in [0.15, 0.2) is 0 Å². The van der Waals surface area contributed by atoms with Crippen molar-refractivity contribution in [2.45, 2.75) is 13.0 Å². The maximum atomic E-state index is 11.3. The highest BCUT2D eigenvalue weighted by molar-refractivity contribution is 5.78. The van der Waals surface area contributed by atoms with Crippen LogP contribution in [0.3, 0.4) is 0 Å². The summed E-state index contributed by atoms with van der Waals surface area (Å²) in [6.45, 7) is 5.69. The van der Waals surface area contributed by atoms with Crippen LogP contribution < -0.4 is 10.6 Å². The highest BCUT2D eigenvalue weighted by Gasteiger charge is 2.24. The molecule has 1 fully saturated rings. The Labute approximate surface area is 85.0 Å². The van der Waals surface area contributed by atoms with Crippen molar-refractivity contribution in [3.8, 4) is 12.3 Å². The lowest BCUT2D eigenvalue weighted by Crippen LogP contribution is -2.58. The summed E-state index contributed by atoms with van der Waals surface area (Å²) >= 11 is 0. The molecule has 0 unspecified atom stereocenters. The van der Waals surface area contributed by atoms with Crippen molar-refractivity contribution in [2.75, 3.05) is 32.7 Å². The summed E-state index contributed by atoms with van der Waals surface area (Å²) in [4.78, 5) is 13.5. The van der Waals surface area contributed by atoms with E-state index >= 15 is 0 Å². The van der Waals surface area contributed by atoms with E-state index in [9.17, 15) is 4.79 Å². The van der Waals surface area contributed by atoms with Gasteiger partial charge in [-0.25, -0.2) is 0 Å². The summed E-state index contributed by atoms with van der Waals surface area (Å²) < 4.78 is 0. The zero-order valence-electron chi connectivity index (χ0n) is 8.55. The second kappa shape index (κ2) is 5.63. The van der Waals surface area contributed by atoms with Crippen molar-refractivity contribution in [1.29, 1.82) is 0 Å². The van der Waals surface area contributed by atoms with Gasteiger partial charge >= 0.3 is 0 Å². The molecule has 1 aliphatic heterocycles. The maximum absolute atomic E-state index is 11.3. The molecule has 0 aliphatic carbocycles. The van der Waals surface area contributed by atoms with Gasteiger partial charge in [-0.1, -0.05) is 12.8 Å². The van der Waals surface area contributed by atoms with Crippen molar-refractivity contribution >= 4 is 5.91 Å². The predicted octanol–water partition coefficient (Wildman–Crippen LogP) is -0.970. The largest absolute Gasteiger partial charge is 0.344 e. The van der Waals surface area contributed by atoms with Gasteiger partial charge in [0, 0.05) is 19.1 Å². The van der Waals surface area contributed by atoms with Gasteiger partial charge in [0.05, 0.1) is 13.1 Å². The molecule has 0 aromatic rings. The minimum absolute atomic E-state index is 0.0108. The molecule has 4 nitrogen and oxygen atoms in total. The third kappa shape index (κ3) is 3.02. The molecule has 1 heterocycles. The Kier molecular flexibility index (Phi) is 4.44. The van der Waals surface area contributed by atoms with Gasteiger partial charge < -0.3 is 10.6 Å². The molecule has 0 radical (unpaired) electrons. The number of amides is 1. The van der Waals surface area contributed by atoms with Crippen molar-refractivity contribution in [3.05, 3.63) is 0 Å². The lowest BCUT2D eigenvalue weighted by atomic mass is 10.1. The van der Waals surface area contributed by atoms with Gasteiger partial charge in [0.2, 0.25) is 5.91 Å². The molecule has 0 aromatic heterocycles. The molecule has 0 bridgehead atoms. The number of nitrogens with zero attached hydrogens (tertiary/aromatic N) is 1. The van der Waals surface area contributed by atoms with Gasteiger partial charge in [-0.3, -0.25) is 9.69 Å². The Hall–Kier alpha value is -1.05. The minimum Gasteiger partial charge on any atom is -0.344 e. The number of likely N-dealkylation sites (N-methyl/N-ethyl adjacent to an activating group) is 1. The van der Waals surface area contributed by atoms with E-state index in [4.69, 9.17) is 6.42 Å². The normalized spacial score (nSPS) is 16.1. The Morgan fingerprint density at radius 3 is 2.86 bits per heavy atom. The molecule has 1 saturated heterocycles. The number of terminal acetylenes is 1. The van der Waals surface area contributed by atoms with E-state index < -0.39 is 0 Å². The quantitative estimate of drug-likeness (QED) is 0.555. The van der Waals surface area contributed by atoms with Crippen LogP contribution in [0.1, 0.15) is 6.92 Å². The summed E-state index contributed by atoms with van der Waals surface area (Å²) in [5.74, 6) is 2.40. The summed E-state index contributed by atoms with van der Waals surface area (Å²) in [6, 6.07) is 0.511. The van der Waals surface area contributed by atoms with Gasteiger partial charge in [-0.2, -0.15) is 0 Å². The number of hydrogen-bond donors (Lipinski definition) is 2. The molecular formula is C10H17N3O. The van der Waals surface area contributed by atoms with Crippen LogP contribution in [0.2, 0.25) is 0 Å². The lowest BCUT2D eigenvalue weighted by Gasteiger charge is -2.37. The van der Waals surface area contributed by atoms with Crippen LogP contribution in [-0.4, -0.2) is 49.6 Å². The fraction of sp³-hybridized carbons (Fsp3) is 0.700. The molecule has 78 valence electrons. The molecule has 0 spiro atoms. The SMILES string of the molecule is C#CCNC(=O)CN(CC)C1CNC1. The van der Waals surface area contributed by atoms with Crippen LogP contribution in [0, 0.1) is 12.3 Å². The zero-order chi connectivity index (χ0) is 10.4. The average molecular weight is 195 g/mol. The third-order valence-corrected chi connectivity index (χ3v) is 2.42. The van der Waals surface area contributed by atoms with E-state index in [0.29, 0.717) is 19.1 Å². The third-order valence-electron chi connectivity index (χ3n) is 2.42. The van der Waals surface area contributed by atoms with E-state index in [-0.39, 0.29) is 5.91 Å². The first-order valence-electron chi connectivity index (χ1n) is 4.92. The fourth-order valence-corrected chi connectivity index (χ4v) is 1.42.